The summed E-state index contributed by atoms with van der Waals surface area (Å²) in [6, 6.07) is 5.30. The Morgan fingerprint density at radius 3 is 3.12 bits per heavy atom. The topological polar surface area (TPSA) is 41.5 Å². The van der Waals surface area contributed by atoms with Gasteiger partial charge < -0.3 is 15.2 Å². The molecule has 0 radical (unpaired) electrons. The van der Waals surface area contributed by atoms with Crippen LogP contribution in [0.1, 0.15) is 18.4 Å². The number of hydrogen-bond acceptors (Lipinski definition) is 3. The zero-order chi connectivity index (χ0) is 11.4. The molecule has 1 aliphatic heterocycles. The molecule has 1 aliphatic rings. The molecule has 0 aliphatic carbocycles. The predicted octanol–water partition coefficient (Wildman–Crippen LogP) is 2.42. The number of benzene rings is 1. The van der Waals surface area contributed by atoms with E-state index in [1.807, 2.05) is 6.07 Å². The van der Waals surface area contributed by atoms with Crippen LogP contribution in [0.25, 0.3) is 0 Å². The molecule has 0 aromatic heterocycles. The summed E-state index contributed by atoms with van der Waals surface area (Å²) in [5, 5.41) is 12.7. The van der Waals surface area contributed by atoms with Crippen molar-refractivity contribution >= 4 is 15.9 Å². The van der Waals surface area contributed by atoms with Gasteiger partial charge in [0.1, 0.15) is 5.75 Å². The minimum absolute atomic E-state index is 0.303. The van der Waals surface area contributed by atoms with Gasteiger partial charge in [-0.1, -0.05) is 15.9 Å². The molecule has 2 N–H and O–H groups in total. The second-order valence-electron chi connectivity index (χ2n) is 4.04. The average molecular weight is 286 g/mol. The van der Waals surface area contributed by atoms with Crippen LogP contribution in [0, 0.1) is 0 Å². The van der Waals surface area contributed by atoms with Crippen LogP contribution in [0.3, 0.4) is 0 Å². The highest BCUT2D eigenvalue weighted by atomic mass is 79.9. The van der Waals surface area contributed by atoms with E-state index < -0.39 is 0 Å². The molecule has 1 unspecified atom stereocenters. The van der Waals surface area contributed by atoms with Gasteiger partial charge in [0, 0.05) is 24.2 Å². The number of hydrogen-bond donors (Lipinski definition) is 2. The molecule has 3 nitrogen and oxygen atoms in total. The van der Waals surface area contributed by atoms with E-state index in [0.717, 1.165) is 36.2 Å². The van der Waals surface area contributed by atoms with E-state index in [4.69, 9.17) is 4.74 Å². The zero-order valence-electron chi connectivity index (χ0n) is 9.08. The van der Waals surface area contributed by atoms with E-state index >= 15 is 0 Å². The Balaban J connectivity index is 1.82. The van der Waals surface area contributed by atoms with Gasteiger partial charge in [0.2, 0.25) is 0 Å². The Morgan fingerprint density at radius 1 is 1.50 bits per heavy atom. The molecule has 16 heavy (non-hydrogen) atoms. The maximum atomic E-state index is 9.38. The van der Waals surface area contributed by atoms with Gasteiger partial charge in [-0.25, -0.2) is 0 Å². The summed E-state index contributed by atoms with van der Waals surface area (Å²) in [6.07, 6.45) is 2.67. The highest BCUT2D eigenvalue weighted by Crippen LogP contribution is 2.21. The van der Waals surface area contributed by atoms with E-state index in [9.17, 15) is 5.11 Å². The molecular weight excluding hydrogens is 270 g/mol. The van der Waals surface area contributed by atoms with Gasteiger partial charge in [-0.05, 0) is 36.6 Å². The van der Waals surface area contributed by atoms with Crippen LogP contribution < -0.4 is 5.32 Å². The van der Waals surface area contributed by atoms with Gasteiger partial charge in [-0.2, -0.15) is 0 Å². The molecule has 1 saturated heterocycles. The molecule has 1 fully saturated rings. The summed E-state index contributed by atoms with van der Waals surface area (Å²) in [6.45, 7) is 2.51. The first kappa shape index (κ1) is 11.9. The molecular formula is C12H16BrNO2. The predicted molar refractivity (Wildman–Crippen MR) is 66.5 cm³/mol. The molecule has 1 heterocycles. The molecule has 2 rings (SSSR count). The molecule has 1 atom stereocenters. The first-order valence-corrected chi connectivity index (χ1v) is 6.35. The molecule has 1 aromatic rings. The van der Waals surface area contributed by atoms with Gasteiger partial charge >= 0.3 is 0 Å². The average Bonchev–Trinajstić information content (AvgIpc) is 2.76. The fourth-order valence-electron chi connectivity index (χ4n) is 1.87. The Hall–Kier alpha value is -0.580. The lowest BCUT2D eigenvalue weighted by Crippen LogP contribution is -2.25. The van der Waals surface area contributed by atoms with Gasteiger partial charge in [0.15, 0.2) is 0 Å². The van der Waals surface area contributed by atoms with Crippen molar-refractivity contribution in [1.82, 2.24) is 5.32 Å². The van der Waals surface area contributed by atoms with Crippen LogP contribution in [0.15, 0.2) is 22.7 Å². The zero-order valence-corrected chi connectivity index (χ0v) is 10.7. The van der Waals surface area contributed by atoms with E-state index in [1.54, 1.807) is 12.1 Å². The Labute approximate surface area is 104 Å². The number of aromatic hydroxyl groups is 1. The van der Waals surface area contributed by atoms with E-state index in [-0.39, 0.29) is 0 Å². The largest absolute Gasteiger partial charge is 0.508 e. The smallest absolute Gasteiger partial charge is 0.115 e. The van der Waals surface area contributed by atoms with E-state index in [1.165, 1.54) is 6.42 Å². The van der Waals surface area contributed by atoms with Crippen LogP contribution in [0.2, 0.25) is 0 Å². The van der Waals surface area contributed by atoms with Crippen molar-refractivity contribution in [2.45, 2.75) is 25.5 Å². The van der Waals surface area contributed by atoms with Crippen LogP contribution in [-0.4, -0.2) is 24.4 Å². The lowest BCUT2D eigenvalue weighted by atomic mass is 10.2. The molecule has 0 spiro atoms. The second-order valence-corrected chi connectivity index (χ2v) is 4.90. The maximum absolute atomic E-state index is 9.38. The summed E-state index contributed by atoms with van der Waals surface area (Å²) in [5.41, 5.74) is 1.07. The highest BCUT2D eigenvalue weighted by molar-refractivity contribution is 9.10. The number of rotatable bonds is 4. The monoisotopic (exact) mass is 285 g/mol. The summed E-state index contributed by atoms with van der Waals surface area (Å²) < 4.78 is 6.54. The van der Waals surface area contributed by atoms with Gasteiger partial charge in [0.05, 0.1) is 6.10 Å². The van der Waals surface area contributed by atoms with Crippen molar-refractivity contribution in [3.05, 3.63) is 28.2 Å². The molecule has 0 saturated carbocycles. The Bertz CT molecular complexity index is 351. The summed E-state index contributed by atoms with van der Waals surface area (Å²) in [5.74, 6) is 0.303. The summed E-state index contributed by atoms with van der Waals surface area (Å²) in [4.78, 5) is 0. The minimum atomic E-state index is 0.303. The molecule has 4 heteroatoms. The van der Waals surface area contributed by atoms with Crippen LogP contribution in [0.4, 0.5) is 0 Å². The lowest BCUT2D eigenvalue weighted by molar-refractivity contribution is 0.110. The van der Waals surface area contributed by atoms with Crippen molar-refractivity contribution in [1.29, 1.82) is 0 Å². The van der Waals surface area contributed by atoms with Gasteiger partial charge in [0.25, 0.3) is 0 Å². The number of ether oxygens (including phenoxy) is 1. The van der Waals surface area contributed by atoms with Crippen LogP contribution in [-0.2, 0) is 11.3 Å². The maximum Gasteiger partial charge on any atom is 0.115 e. The van der Waals surface area contributed by atoms with Crippen molar-refractivity contribution in [3.63, 3.8) is 0 Å². The SMILES string of the molecule is Oc1ccc(Br)c(CNCC2CCCO2)c1. The third-order valence-electron chi connectivity index (χ3n) is 2.74. The fraction of sp³-hybridized carbons (Fsp3) is 0.500. The quantitative estimate of drug-likeness (QED) is 0.893. The first-order valence-electron chi connectivity index (χ1n) is 5.55. The first-order chi connectivity index (χ1) is 7.75. The fourth-order valence-corrected chi connectivity index (χ4v) is 2.26. The molecule has 88 valence electrons. The third kappa shape index (κ3) is 3.20. The van der Waals surface area contributed by atoms with Crippen molar-refractivity contribution in [2.24, 2.45) is 0 Å². The van der Waals surface area contributed by atoms with Gasteiger partial charge in [-0.15, -0.1) is 0 Å². The van der Waals surface area contributed by atoms with Crippen LogP contribution >= 0.6 is 15.9 Å². The van der Waals surface area contributed by atoms with Crippen molar-refractivity contribution in [2.75, 3.05) is 13.2 Å². The number of halogens is 1. The highest BCUT2D eigenvalue weighted by Gasteiger charge is 2.14. The summed E-state index contributed by atoms with van der Waals surface area (Å²) in [7, 11) is 0. The Morgan fingerprint density at radius 2 is 2.38 bits per heavy atom. The lowest BCUT2D eigenvalue weighted by Gasteiger charge is -2.11. The van der Waals surface area contributed by atoms with E-state index in [2.05, 4.69) is 21.2 Å². The normalized spacial score (nSPS) is 20.2. The van der Waals surface area contributed by atoms with Crippen molar-refractivity contribution < 1.29 is 9.84 Å². The van der Waals surface area contributed by atoms with Crippen LogP contribution in [0.5, 0.6) is 5.75 Å². The van der Waals surface area contributed by atoms with Gasteiger partial charge in [-0.3, -0.25) is 0 Å². The second kappa shape index (κ2) is 5.66. The summed E-state index contributed by atoms with van der Waals surface area (Å²) >= 11 is 3.46. The Kier molecular flexibility index (Phi) is 4.21. The minimum Gasteiger partial charge on any atom is -0.508 e. The molecule has 0 bridgehead atoms. The third-order valence-corrected chi connectivity index (χ3v) is 3.51. The molecule has 0 amide bonds. The standard InChI is InChI=1S/C12H16BrNO2/c13-12-4-3-10(15)6-9(12)7-14-8-11-2-1-5-16-11/h3-4,6,11,14-15H,1-2,5,7-8H2. The van der Waals surface area contributed by atoms with E-state index in [0.29, 0.717) is 11.9 Å². The van der Waals surface area contributed by atoms with Crippen molar-refractivity contribution in [3.8, 4) is 5.75 Å². The number of phenolic OH excluding ortho intramolecular Hbond substituents is 1. The molecule has 1 aromatic carbocycles. The number of phenols is 1. The number of nitrogens with one attached hydrogen (secondary N) is 1.